The van der Waals surface area contributed by atoms with Crippen LogP contribution in [0, 0.1) is 11.3 Å². The number of nitrogens with two attached hydrogens (primary N) is 2. The van der Waals surface area contributed by atoms with E-state index in [9.17, 15) is 10.1 Å². The largest absolute Gasteiger partial charge is 0.462 e. The lowest BCUT2D eigenvalue weighted by molar-refractivity contribution is 0.0531. The molecular formula is C18H17N5O2S2. The Bertz CT molecular complexity index is 1000. The molecule has 27 heavy (non-hydrogen) atoms. The van der Waals surface area contributed by atoms with Gasteiger partial charge in [-0.25, -0.2) is 14.5 Å². The van der Waals surface area contributed by atoms with Gasteiger partial charge in [-0.2, -0.15) is 5.26 Å². The number of anilines is 1. The maximum atomic E-state index is 12.2. The summed E-state index contributed by atoms with van der Waals surface area (Å²) in [6.07, 6.45) is 1.73. The molecule has 3 aromatic rings. The number of nitriles is 1. The topological polar surface area (TPSA) is 120 Å². The van der Waals surface area contributed by atoms with E-state index in [4.69, 9.17) is 16.3 Å². The molecule has 0 radical (unpaired) electrons. The number of aromatic nitrogens is 2. The summed E-state index contributed by atoms with van der Waals surface area (Å²) < 4.78 is 6.50. The third-order valence-electron chi connectivity index (χ3n) is 3.72. The van der Waals surface area contributed by atoms with Gasteiger partial charge in [0.15, 0.2) is 5.16 Å². The number of thioether (sulfide) groups is 1. The lowest BCUT2D eigenvalue weighted by atomic mass is 10.2. The van der Waals surface area contributed by atoms with E-state index in [0.717, 1.165) is 22.6 Å². The van der Waals surface area contributed by atoms with E-state index in [2.05, 4.69) is 11.1 Å². The van der Waals surface area contributed by atoms with Gasteiger partial charge in [0.2, 0.25) is 0 Å². The molecule has 4 N–H and O–H groups in total. The van der Waals surface area contributed by atoms with Crippen molar-refractivity contribution >= 4 is 34.1 Å². The van der Waals surface area contributed by atoms with Crippen LogP contribution in [0.25, 0.3) is 11.3 Å². The van der Waals surface area contributed by atoms with Crippen LogP contribution in [0.1, 0.15) is 27.7 Å². The zero-order valence-corrected chi connectivity index (χ0v) is 16.1. The predicted octanol–water partition coefficient (Wildman–Crippen LogP) is 3.25. The van der Waals surface area contributed by atoms with Crippen LogP contribution in [0.3, 0.4) is 0 Å². The van der Waals surface area contributed by atoms with Crippen LogP contribution in [-0.4, -0.2) is 22.2 Å². The molecule has 7 nitrogen and oxygen atoms in total. The third-order valence-corrected chi connectivity index (χ3v) is 5.75. The number of rotatable bonds is 6. The van der Waals surface area contributed by atoms with Crippen molar-refractivity contribution in [1.82, 2.24) is 9.66 Å². The smallest absolute Gasteiger partial charge is 0.348 e. The standard InChI is InChI=1S/C18H17N5O2S2/c1-2-25-17(24)15-13(12(8-19)16(20)27-15)10-26-18-22-14(9-23(18)21)11-6-4-3-5-7-11/h3-7,9H,2,10,20-21H2,1H3. The van der Waals surface area contributed by atoms with Gasteiger partial charge < -0.3 is 16.3 Å². The van der Waals surface area contributed by atoms with Gasteiger partial charge in [0, 0.05) is 16.9 Å². The monoisotopic (exact) mass is 399 g/mol. The van der Waals surface area contributed by atoms with Gasteiger partial charge >= 0.3 is 5.97 Å². The van der Waals surface area contributed by atoms with Crippen molar-refractivity contribution in [3.05, 3.63) is 52.5 Å². The molecule has 0 spiro atoms. The highest BCUT2D eigenvalue weighted by atomic mass is 32.2. The van der Waals surface area contributed by atoms with E-state index in [1.54, 1.807) is 13.1 Å². The van der Waals surface area contributed by atoms with Gasteiger partial charge in [-0.1, -0.05) is 42.1 Å². The summed E-state index contributed by atoms with van der Waals surface area (Å²) in [5.74, 6) is 5.87. The highest BCUT2D eigenvalue weighted by molar-refractivity contribution is 7.98. The lowest BCUT2D eigenvalue weighted by Crippen LogP contribution is -2.08. The first kappa shape index (κ1) is 18.8. The minimum Gasteiger partial charge on any atom is -0.462 e. The Morgan fingerprint density at radius 1 is 1.41 bits per heavy atom. The molecule has 0 aliphatic heterocycles. The number of hydrogen-bond acceptors (Lipinski definition) is 8. The van der Waals surface area contributed by atoms with Crippen molar-refractivity contribution in [2.24, 2.45) is 0 Å². The van der Waals surface area contributed by atoms with Crippen molar-refractivity contribution in [2.75, 3.05) is 18.2 Å². The summed E-state index contributed by atoms with van der Waals surface area (Å²) in [5.41, 5.74) is 8.45. The van der Waals surface area contributed by atoms with Crippen molar-refractivity contribution in [2.45, 2.75) is 17.8 Å². The third kappa shape index (κ3) is 3.92. The van der Waals surface area contributed by atoms with E-state index in [0.29, 0.717) is 31.9 Å². The molecule has 2 aromatic heterocycles. The summed E-state index contributed by atoms with van der Waals surface area (Å²) in [4.78, 5) is 17.1. The number of imidazole rings is 1. The quantitative estimate of drug-likeness (QED) is 0.371. The highest BCUT2D eigenvalue weighted by Crippen LogP contribution is 2.35. The average molecular weight is 400 g/mol. The van der Waals surface area contributed by atoms with Gasteiger partial charge in [-0.15, -0.1) is 11.3 Å². The van der Waals surface area contributed by atoms with Gasteiger partial charge in [0.25, 0.3) is 0 Å². The summed E-state index contributed by atoms with van der Waals surface area (Å²) in [7, 11) is 0. The summed E-state index contributed by atoms with van der Waals surface area (Å²) in [6.45, 7) is 1.98. The van der Waals surface area contributed by atoms with Gasteiger partial charge in [-0.05, 0) is 6.92 Å². The first-order valence-electron chi connectivity index (χ1n) is 8.06. The molecule has 0 aliphatic carbocycles. The average Bonchev–Trinajstić information content (AvgIpc) is 3.20. The van der Waals surface area contributed by atoms with Crippen molar-refractivity contribution in [1.29, 1.82) is 5.26 Å². The fourth-order valence-corrected chi connectivity index (χ4v) is 4.42. The maximum absolute atomic E-state index is 12.2. The Hall–Kier alpha value is -2.96. The van der Waals surface area contributed by atoms with Crippen LogP contribution < -0.4 is 11.6 Å². The van der Waals surface area contributed by atoms with Crippen molar-refractivity contribution < 1.29 is 9.53 Å². The fourth-order valence-electron chi connectivity index (χ4n) is 2.47. The zero-order chi connectivity index (χ0) is 19.4. The van der Waals surface area contributed by atoms with E-state index < -0.39 is 5.97 Å². The van der Waals surface area contributed by atoms with Crippen LogP contribution in [0.15, 0.2) is 41.7 Å². The Morgan fingerprint density at radius 3 is 2.81 bits per heavy atom. The van der Waals surface area contributed by atoms with Crippen LogP contribution in [-0.2, 0) is 10.5 Å². The predicted molar refractivity (Wildman–Crippen MR) is 107 cm³/mol. The SMILES string of the molecule is CCOC(=O)c1sc(N)c(C#N)c1CSc1nc(-c2ccccc2)cn1N. The summed E-state index contributed by atoms with van der Waals surface area (Å²) in [5, 5.41) is 10.3. The molecule has 0 aliphatic rings. The Balaban J connectivity index is 1.86. The molecule has 2 heterocycles. The van der Waals surface area contributed by atoms with Crippen LogP contribution in [0.5, 0.6) is 0 Å². The fraction of sp³-hybridized carbons (Fsp3) is 0.167. The van der Waals surface area contributed by atoms with Gasteiger partial charge in [0.05, 0.1) is 24.1 Å². The molecule has 3 rings (SSSR count). The number of thiophene rings is 1. The minimum atomic E-state index is -0.479. The number of ether oxygens (including phenoxy) is 1. The first-order chi connectivity index (χ1) is 13.0. The van der Waals surface area contributed by atoms with Gasteiger partial charge in [0.1, 0.15) is 15.9 Å². The van der Waals surface area contributed by atoms with E-state index in [1.165, 1.54) is 16.4 Å². The molecule has 0 atom stereocenters. The molecule has 1 aromatic carbocycles. The maximum Gasteiger partial charge on any atom is 0.348 e. The van der Waals surface area contributed by atoms with Crippen molar-refractivity contribution in [3.8, 4) is 17.3 Å². The molecule has 138 valence electrons. The highest BCUT2D eigenvalue weighted by Gasteiger charge is 2.23. The van der Waals surface area contributed by atoms with E-state index in [-0.39, 0.29) is 6.61 Å². The number of carbonyl (C=O) groups is 1. The number of hydrogen-bond donors (Lipinski definition) is 2. The number of nitrogens with zero attached hydrogens (tertiary/aromatic N) is 3. The summed E-state index contributed by atoms with van der Waals surface area (Å²) in [6, 6.07) is 11.7. The van der Waals surface area contributed by atoms with Gasteiger partial charge in [-0.3, -0.25) is 0 Å². The molecular weight excluding hydrogens is 382 g/mol. The molecule has 9 heteroatoms. The van der Waals surface area contributed by atoms with E-state index >= 15 is 0 Å². The second kappa shape index (κ2) is 8.16. The van der Waals surface area contributed by atoms with Crippen LogP contribution in [0.4, 0.5) is 5.00 Å². The first-order valence-corrected chi connectivity index (χ1v) is 9.86. The molecule has 0 unspecified atom stereocenters. The molecule has 0 saturated heterocycles. The molecule has 0 fully saturated rings. The Labute approximate surface area is 164 Å². The summed E-state index contributed by atoms with van der Waals surface area (Å²) >= 11 is 2.39. The van der Waals surface area contributed by atoms with E-state index in [1.807, 2.05) is 30.3 Å². The number of esters is 1. The Kier molecular flexibility index (Phi) is 5.69. The van der Waals surface area contributed by atoms with Crippen LogP contribution >= 0.6 is 23.1 Å². The van der Waals surface area contributed by atoms with Crippen molar-refractivity contribution in [3.63, 3.8) is 0 Å². The van der Waals surface area contributed by atoms with Crippen LogP contribution in [0.2, 0.25) is 0 Å². The lowest BCUT2D eigenvalue weighted by Gasteiger charge is -2.04. The molecule has 0 saturated carbocycles. The number of nitrogen functional groups attached to an aromatic ring is 2. The number of benzene rings is 1. The number of carbonyl (C=O) groups excluding carboxylic acids is 1. The second-order valence-electron chi connectivity index (χ2n) is 5.45. The second-order valence-corrected chi connectivity index (χ2v) is 7.45. The molecule has 0 bridgehead atoms. The zero-order valence-electron chi connectivity index (χ0n) is 14.5. The minimum absolute atomic E-state index is 0.249. The molecule has 0 amide bonds. The Morgan fingerprint density at radius 2 is 2.15 bits per heavy atom. The normalized spacial score (nSPS) is 10.5.